The van der Waals surface area contributed by atoms with Crippen LogP contribution >= 0.6 is 0 Å². The van der Waals surface area contributed by atoms with E-state index in [0.29, 0.717) is 5.92 Å². The zero-order valence-electron chi connectivity index (χ0n) is 10.1. The number of rotatable bonds is 3. The molecule has 1 aromatic carbocycles. The molecule has 17 heavy (non-hydrogen) atoms. The zero-order valence-corrected chi connectivity index (χ0v) is 10.1. The van der Waals surface area contributed by atoms with Crippen LogP contribution in [0.1, 0.15) is 24.0 Å². The Morgan fingerprint density at radius 2 is 2.41 bits per heavy atom. The predicted octanol–water partition coefficient (Wildman–Crippen LogP) is 2.65. The number of imidazole rings is 1. The highest BCUT2D eigenvalue weighted by Gasteiger charge is 2.17. The van der Waals surface area contributed by atoms with E-state index >= 15 is 0 Å². The summed E-state index contributed by atoms with van der Waals surface area (Å²) in [6.07, 6.45) is 6.78. The van der Waals surface area contributed by atoms with Crippen LogP contribution in [0, 0.1) is 0 Å². The molecule has 1 aliphatic heterocycles. The number of nitrogens with one attached hydrogen (secondary N) is 1. The van der Waals surface area contributed by atoms with E-state index in [2.05, 4.69) is 40.0 Å². The summed E-state index contributed by atoms with van der Waals surface area (Å²) in [5.74, 6) is 0.637. The zero-order chi connectivity index (χ0) is 11.7. The summed E-state index contributed by atoms with van der Waals surface area (Å²) in [4.78, 5) is 4.06. The minimum atomic E-state index is 0.637. The van der Waals surface area contributed by atoms with Crippen LogP contribution < -0.4 is 5.32 Å². The van der Waals surface area contributed by atoms with E-state index in [1.165, 1.54) is 16.8 Å². The van der Waals surface area contributed by atoms with Crippen molar-refractivity contribution in [3.63, 3.8) is 0 Å². The van der Waals surface area contributed by atoms with Crippen LogP contribution in [0.25, 0.3) is 0 Å². The Kier molecular flexibility index (Phi) is 2.59. The number of nitrogens with zero attached hydrogens (tertiary/aromatic N) is 2. The molecule has 0 unspecified atom stereocenters. The first-order valence-electron chi connectivity index (χ1n) is 6.15. The maximum absolute atomic E-state index is 4.06. The third kappa shape index (κ3) is 2.05. The lowest BCUT2D eigenvalue weighted by Crippen LogP contribution is -1.99. The maximum atomic E-state index is 4.06. The van der Waals surface area contributed by atoms with Crippen LogP contribution in [-0.2, 0) is 13.0 Å². The van der Waals surface area contributed by atoms with Gasteiger partial charge in [0.25, 0.3) is 0 Å². The van der Waals surface area contributed by atoms with E-state index in [1.807, 2.05) is 18.7 Å². The van der Waals surface area contributed by atoms with E-state index in [4.69, 9.17) is 0 Å². The molecule has 0 aliphatic carbocycles. The Bertz CT molecular complexity index is 502. The van der Waals surface area contributed by atoms with Crippen molar-refractivity contribution in [1.29, 1.82) is 0 Å². The molecule has 2 heterocycles. The van der Waals surface area contributed by atoms with Crippen LogP contribution in [0.4, 0.5) is 5.69 Å². The number of hydrogen-bond acceptors (Lipinski definition) is 2. The van der Waals surface area contributed by atoms with Gasteiger partial charge in [0.05, 0.1) is 6.33 Å². The monoisotopic (exact) mass is 227 g/mol. The fraction of sp³-hybridized carbons (Fsp3) is 0.357. The van der Waals surface area contributed by atoms with Gasteiger partial charge in [0, 0.05) is 37.1 Å². The molecule has 0 bridgehead atoms. The number of benzene rings is 1. The molecule has 0 amide bonds. The molecule has 0 fully saturated rings. The highest BCUT2D eigenvalue weighted by Crippen LogP contribution is 2.31. The smallest absolute Gasteiger partial charge is 0.0946 e. The number of fused-ring (bicyclic) bond motifs is 1. The molecule has 0 spiro atoms. The normalized spacial score (nSPS) is 17.8. The molecule has 1 aliphatic rings. The summed E-state index contributed by atoms with van der Waals surface area (Å²) < 4.78 is 2.12. The molecule has 0 radical (unpaired) electrons. The second kappa shape index (κ2) is 4.24. The van der Waals surface area contributed by atoms with E-state index < -0.39 is 0 Å². The van der Waals surface area contributed by atoms with Crippen LogP contribution in [0.5, 0.6) is 0 Å². The minimum absolute atomic E-state index is 0.637. The lowest BCUT2D eigenvalue weighted by atomic mass is 10.00. The van der Waals surface area contributed by atoms with E-state index in [9.17, 15) is 0 Å². The maximum Gasteiger partial charge on any atom is 0.0946 e. The van der Waals surface area contributed by atoms with Gasteiger partial charge in [-0.15, -0.1) is 0 Å². The Morgan fingerprint density at radius 1 is 1.47 bits per heavy atom. The van der Waals surface area contributed by atoms with Crippen LogP contribution in [0.3, 0.4) is 0 Å². The topological polar surface area (TPSA) is 29.9 Å². The van der Waals surface area contributed by atoms with Crippen molar-refractivity contribution in [3.05, 3.63) is 48.0 Å². The summed E-state index contributed by atoms with van der Waals surface area (Å²) in [5.41, 5.74) is 4.19. The van der Waals surface area contributed by atoms with Gasteiger partial charge < -0.3 is 9.88 Å². The van der Waals surface area contributed by atoms with Gasteiger partial charge in [-0.2, -0.15) is 0 Å². The van der Waals surface area contributed by atoms with E-state index in [-0.39, 0.29) is 0 Å². The molecule has 0 saturated carbocycles. The van der Waals surface area contributed by atoms with Crippen LogP contribution in [-0.4, -0.2) is 16.1 Å². The predicted molar refractivity (Wildman–Crippen MR) is 69.3 cm³/mol. The largest absolute Gasteiger partial charge is 0.384 e. The minimum Gasteiger partial charge on any atom is -0.384 e. The highest BCUT2D eigenvalue weighted by molar-refractivity contribution is 5.58. The third-order valence-electron chi connectivity index (χ3n) is 3.46. The fourth-order valence-electron chi connectivity index (χ4n) is 2.39. The van der Waals surface area contributed by atoms with Crippen molar-refractivity contribution in [1.82, 2.24) is 9.55 Å². The number of anilines is 1. The summed E-state index contributed by atoms with van der Waals surface area (Å²) in [5, 5.41) is 3.43. The van der Waals surface area contributed by atoms with Crippen molar-refractivity contribution in [2.45, 2.75) is 25.8 Å². The standard InChI is InChI=1S/C14H17N3/c1-11-9-16-14-3-2-12(8-13(11)14)4-6-17-7-5-15-10-17/h2-3,5,7-8,10-11,16H,4,6,9H2,1H3/t11-/m0/s1. The van der Waals surface area contributed by atoms with Crippen molar-refractivity contribution in [2.75, 3.05) is 11.9 Å². The molecule has 1 atom stereocenters. The van der Waals surface area contributed by atoms with Crippen molar-refractivity contribution >= 4 is 5.69 Å². The van der Waals surface area contributed by atoms with Gasteiger partial charge in [0.2, 0.25) is 0 Å². The first-order valence-corrected chi connectivity index (χ1v) is 6.15. The van der Waals surface area contributed by atoms with E-state index in [0.717, 1.165) is 19.5 Å². The van der Waals surface area contributed by atoms with Crippen molar-refractivity contribution in [2.24, 2.45) is 0 Å². The molecule has 3 rings (SSSR count). The summed E-state index contributed by atoms with van der Waals surface area (Å²) in [6, 6.07) is 6.78. The quantitative estimate of drug-likeness (QED) is 0.873. The second-order valence-electron chi connectivity index (χ2n) is 4.75. The molecule has 2 aromatic rings. The average molecular weight is 227 g/mol. The lowest BCUT2D eigenvalue weighted by molar-refractivity contribution is 0.695. The molecular formula is C14H17N3. The fourth-order valence-corrected chi connectivity index (χ4v) is 2.39. The van der Waals surface area contributed by atoms with Gasteiger partial charge in [-0.05, 0) is 23.6 Å². The van der Waals surface area contributed by atoms with Crippen LogP contribution in [0.15, 0.2) is 36.9 Å². The Labute approximate surface area is 101 Å². The van der Waals surface area contributed by atoms with Gasteiger partial charge in [-0.3, -0.25) is 0 Å². The molecule has 1 aromatic heterocycles. The lowest BCUT2D eigenvalue weighted by Gasteiger charge is -2.07. The number of hydrogen-bond donors (Lipinski definition) is 1. The molecule has 0 saturated heterocycles. The Morgan fingerprint density at radius 3 is 3.24 bits per heavy atom. The average Bonchev–Trinajstić information content (AvgIpc) is 2.97. The molecule has 3 heteroatoms. The van der Waals surface area contributed by atoms with Gasteiger partial charge in [-0.1, -0.05) is 19.1 Å². The third-order valence-corrected chi connectivity index (χ3v) is 3.46. The number of aromatic nitrogens is 2. The molecule has 88 valence electrons. The molecule has 3 nitrogen and oxygen atoms in total. The summed E-state index contributed by atoms with van der Waals surface area (Å²) in [6.45, 7) is 4.35. The SMILES string of the molecule is C[C@H]1CNc2ccc(CCn3ccnc3)cc21. The Hall–Kier alpha value is -1.77. The van der Waals surface area contributed by atoms with Crippen LogP contribution in [0.2, 0.25) is 0 Å². The van der Waals surface area contributed by atoms with Gasteiger partial charge in [-0.25, -0.2) is 4.98 Å². The number of aryl methyl sites for hydroxylation is 2. The van der Waals surface area contributed by atoms with Gasteiger partial charge in [0.1, 0.15) is 0 Å². The molecular weight excluding hydrogens is 210 g/mol. The summed E-state index contributed by atoms with van der Waals surface area (Å²) >= 11 is 0. The molecule has 1 N–H and O–H groups in total. The second-order valence-corrected chi connectivity index (χ2v) is 4.75. The van der Waals surface area contributed by atoms with Crippen molar-refractivity contribution in [3.8, 4) is 0 Å². The highest BCUT2D eigenvalue weighted by atomic mass is 15.0. The van der Waals surface area contributed by atoms with Gasteiger partial charge in [0.15, 0.2) is 0 Å². The van der Waals surface area contributed by atoms with E-state index in [1.54, 1.807) is 0 Å². The first kappa shape index (κ1) is 10.4. The first-order chi connectivity index (χ1) is 8.33. The summed E-state index contributed by atoms with van der Waals surface area (Å²) in [7, 11) is 0. The Balaban J connectivity index is 1.74. The van der Waals surface area contributed by atoms with Crippen molar-refractivity contribution < 1.29 is 0 Å². The van der Waals surface area contributed by atoms with Gasteiger partial charge >= 0.3 is 0 Å².